The van der Waals surface area contributed by atoms with Crippen LogP contribution in [0, 0.1) is 5.92 Å². The van der Waals surface area contributed by atoms with Crippen LogP contribution in [0.25, 0.3) is 0 Å². The van der Waals surface area contributed by atoms with E-state index in [1.54, 1.807) is 4.90 Å². The topological polar surface area (TPSA) is 41.6 Å². The van der Waals surface area contributed by atoms with Crippen LogP contribution < -0.4 is 5.32 Å². The summed E-state index contributed by atoms with van der Waals surface area (Å²) in [6.45, 7) is 7.93. The van der Waals surface area contributed by atoms with E-state index in [0.29, 0.717) is 5.92 Å². The van der Waals surface area contributed by atoms with Crippen molar-refractivity contribution >= 4 is 6.03 Å². The molecule has 1 heterocycles. The van der Waals surface area contributed by atoms with Crippen LogP contribution in [0.3, 0.4) is 0 Å². The summed E-state index contributed by atoms with van der Waals surface area (Å²) in [5.41, 5.74) is 0. The lowest BCUT2D eigenvalue weighted by molar-refractivity contribution is 0.0552. The molecule has 0 saturated carbocycles. The monoisotopic (exact) mass is 214 g/mol. The van der Waals surface area contributed by atoms with Gasteiger partial charge in [0.25, 0.3) is 0 Å². The summed E-state index contributed by atoms with van der Waals surface area (Å²) in [6, 6.07) is 0.0468. The Balaban J connectivity index is 2.20. The summed E-state index contributed by atoms with van der Waals surface area (Å²) >= 11 is 0. The molecule has 1 rings (SSSR count). The van der Waals surface area contributed by atoms with E-state index in [0.717, 1.165) is 39.3 Å². The first-order chi connectivity index (χ1) is 7.27. The van der Waals surface area contributed by atoms with Gasteiger partial charge in [-0.3, -0.25) is 0 Å². The summed E-state index contributed by atoms with van der Waals surface area (Å²) in [4.78, 5) is 13.4. The number of amides is 2. The van der Waals surface area contributed by atoms with Crippen molar-refractivity contribution in [3.63, 3.8) is 0 Å². The van der Waals surface area contributed by atoms with Gasteiger partial charge in [-0.15, -0.1) is 0 Å². The van der Waals surface area contributed by atoms with Gasteiger partial charge in [0.1, 0.15) is 0 Å². The molecule has 1 atom stereocenters. The first-order valence-corrected chi connectivity index (χ1v) is 5.88. The van der Waals surface area contributed by atoms with Gasteiger partial charge >= 0.3 is 6.03 Å². The smallest absolute Gasteiger partial charge is 0.317 e. The third kappa shape index (κ3) is 4.08. The Morgan fingerprint density at radius 1 is 1.47 bits per heavy atom. The lowest BCUT2D eigenvalue weighted by Gasteiger charge is -2.24. The van der Waals surface area contributed by atoms with Crippen LogP contribution in [0.1, 0.15) is 26.7 Å². The van der Waals surface area contributed by atoms with Gasteiger partial charge in [-0.1, -0.05) is 0 Å². The van der Waals surface area contributed by atoms with Crippen LogP contribution in [0.15, 0.2) is 0 Å². The number of hydrogen-bond donors (Lipinski definition) is 1. The molecule has 4 nitrogen and oxygen atoms in total. The first kappa shape index (κ1) is 12.3. The minimum Gasteiger partial charge on any atom is -0.381 e. The molecule has 0 aromatic rings. The minimum atomic E-state index is 0.0468. The Kier molecular flexibility index (Phi) is 5.47. The third-order valence-corrected chi connectivity index (χ3v) is 2.85. The molecule has 1 fully saturated rings. The van der Waals surface area contributed by atoms with Gasteiger partial charge in [-0.05, 0) is 32.6 Å². The third-order valence-electron chi connectivity index (χ3n) is 2.85. The Morgan fingerprint density at radius 3 is 2.73 bits per heavy atom. The molecule has 2 amide bonds. The van der Waals surface area contributed by atoms with Crippen molar-refractivity contribution < 1.29 is 9.53 Å². The molecule has 0 bridgehead atoms. The van der Waals surface area contributed by atoms with Gasteiger partial charge in [-0.25, -0.2) is 4.79 Å². The molecule has 4 heteroatoms. The predicted octanol–water partition coefficient (Wildman–Crippen LogP) is 1.46. The maximum Gasteiger partial charge on any atom is 0.317 e. The first-order valence-electron chi connectivity index (χ1n) is 5.88. The van der Waals surface area contributed by atoms with Crippen LogP contribution in [0.4, 0.5) is 4.79 Å². The van der Waals surface area contributed by atoms with E-state index in [1.807, 2.05) is 13.8 Å². The van der Waals surface area contributed by atoms with Gasteiger partial charge in [-0.2, -0.15) is 0 Å². The van der Waals surface area contributed by atoms with Crippen LogP contribution in [-0.4, -0.2) is 43.8 Å². The number of rotatable bonds is 4. The zero-order valence-electron chi connectivity index (χ0n) is 9.79. The van der Waals surface area contributed by atoms with Crippen molar-refractivity contribution in [2.75, 3.05) is 32.8 Å². The van der Waals surface area contributed by atoms with Crippen LogP contribution >= 0.6 is 0 Å². The van der Waals surface area contributed by atoms with Crippen molar-refractivity contribution in [1.29, 1.82) is 0 Å². The molecule has 1 aliphatic rings. The van der Waals surface area contributed by atoms with Crippen molar-refractivity contribution in [2.45, 2.75) is 26.7 Å². The zero-order valence-corrected chi connectivity index (χ0v) is 9.79. The van der Waals surface area contributed by atoms with E-state index in [4.69, 9.17) is 4.74 Å². The predicted molar refractivity (Wildman–Crippen MR) is 59.9 cm³/mol. The van der Waals surface area contributed by atoms with E-state index in [1.165, 1.54) is 6.42 Å². The van der Waals surface area contributed by atoms with Crippen LogP contribution in [0.5, 0.6) is 0 Å². The molecule has 1 N–H and O–H groups in total. The Labute approximate surface area is 92.0 Å². The fraction of sp³-hybridized carbons (Fsp3) is 0.909. The number of nitrogens with zero attached hydrogens (tertiary/aromatic N) is 1. The maximum absolute atomic E-state index is 11.6. The van der Waals surface area contributed by atoms with E-state index < -0.39 is 0 Å². The van der Waals surface area contributed by atoms with Gasteiger partial charge < -0.3 is 15.0 Å². The fourth-order valence-electron chi connectivity index (χ4n) is 1.82. The zero-order chi connectivity index (χ0) is 11.1. The molecule has 1 saturated heterocycles. The van der Waals surface area contributed by atoms with Crippen LogP contribution in [-0.2, 0) is 4.74 Å². The lowest BCUT2D eigenvalue weighted by Crippen LogP contribution is -2.42. The van der Waals surface area contributed by atoms with Crippen molar-refractivity contribution in [3.8, 4) is 0 Å². The molecule has 0 aliphatic carbocycles. The average molecular weight is 214 g/mol. The van der Waals surface area contributed by atoms with E-state index in [2.05, 4.69) is 5.32 Å². The highest BCUT2D eigenvalue weighted by Gasteiger charge is 2.16. The maximum atomic E-state index is 11.6. The SMILES string of the molecule is CCN(CC)C(=O)NCC1CCCOC1. The standard InChI is InChI=1S/C11H22N2O2/c1-3-13(4-2)11(14)12-8-10-6-5-7-15-9-10/h10H,3-9H2,1-2H3,(H,12,14). The molecule has 0 aromatic heterocycles. The highest BCUT2D eigenvalue weighted by molar-refractivity contribution is 5.74. The summed E-state index contributed by atoms with van der Waals surface area (Å²) in [6.07, 6.45) is 2.28. The number of ether oxygens (including phenoxy) is 1. The second-order valence-electron chi connectivity index (χ2n) is 3.94. The Bertz CT molecular complexity index is 187. The molecule has 0 aromatic carbocycles. The van der Waals surface area contributed by atoms with Gasteiger partial charge in [0.05, 0.1) is 6.61 Å². The van der Waals surface area contributed by atoms with Crippen LogP contribution in [0.2, 0.25) is 0 Å². The van der Waals surface area contributed by atoms with Gasteiger partial charge in [0.2, 0.25) is 0 Å². The van der Waals surface area contributed by atoms with Crippen molar-refractivity contribution in [3.05, 3.63) is 0 Å². The average Bonchev–Trinajstić information content (AvgIpc) is 2.29. The van der Waals surface area contributed by atoms with Crippen molar-refractivity contribution in [2.24, 2.45) is 5.92 Å². The quantitative estimate of drug-likeness (QED) is 0.770. The molecule has 0 radical (unpaired) electrons. The molecular formula is C11H22N2O2. The molecule has 0 spiro atoms. The molecular weight excluding hydrogens is 192 g/mol. The molecule has 1 aliphatic heterocycles. The summed E-state index contributed by atoms with van der Waals surface area (Å²) in [5.74, 6) is 0.498. The normalized spacial score (nSPS) is 21.1. The highest BCUT2D eigenvalue weighted by Crippen LogP contribution is 2.12. The second kappa shape index (κ2) is 6.67. The summed E-state index contributed by atoms with van der Waals surface area (Å²) < 4.78 is 5.36. The Morgan fingerprint density at radius 2 is 2.20 bits per heavy atom. The van der Waals surface area contributed by atoms with E-state index >= 15 is 0 Å². The molecule has 15 heavy (non-hydrogen) atoms. The minimum absolute atomic E-state index is 0.0468. The van der Waals surface area contributed by atoms with E-state index in [-0.39, 0.29) is 6.03 Å². The number of carbonyl (C=O) groups is 1. The van der Waals surface area contributed by atoms with Crippen molar-refractivity contribution in [1.82, 2.24) is 10.2 Å². The number of urea groups is 1. The summed E-state index contributed by atoms with van der Waals surface area (Å²) in [5, 5.41) is 2.96. The second-order valence-corrected chi connectivity index (χ2v) is 3.94. The molecule has 1 unspecified atom stereocenters. The molecule has 88 valence electrons. The number of nitrogens with one attached hydrogen (secondary N) is 1. The fourth-order valence-corrected chi connectivity index (χ4v) is 1.82. The number of carbonyl (C=O) groups excluding carboxylic acids is 1. The largest absolute Gasteiger partial charge is 0.381 e. The Hall–Kier alpha value is -0.770. The lowest BCUT2D eigenvalue weighted by atomic mass is 10.0. The van der Waals surface area contributed by atoms with Gasteiger partial charge in [0.15, 0.2) is 0 Å². The highest BCUT2D eigenvalue weighted by atomic mass is 16.5. The van der Waals surface area contributed by atoms with Gasteiger partial charge in [0, 0.05) is 26.2 Å². The number of hydrogen-bond acceptors (Lipinski definition) is 2. The summed E-state index contributed by atoms with van der Waals surface area (Å²) in [7, 11) is 0. The van der Waals surface area contributed by atoms with E-state index in [9.17, 15) is 4.79 Å².